The zero-order valence-electron chi connectivity index (χ0n) is 7.92. The van der Waals surface area contributed by atoms with Gasteiger partial charge in [-0.25, -0.2) is 0 Å². The van der Waals surface area contributed by atoms with Gasteiger partial charge in [-0.1, -0.05) is 13.0 Å². The summed E-state index contributed by atoms with van der Waals surface area (Å²) < 4.78 is 5.22. The van der Waals surface area contributed by atoms with Crippen LogP contribution in [0, 0.1) is 0 Å². The third-order valence-corrected chi connectivity index (χ3v) is 1.63. The molecule has 0 saturated heterocycles. The predicted octanol–water partition coefficient (Wildman–Crippen LogP) is -1.01. The molecule has 1 heterocycles. The first kappa shape index (κ1) is 11.0. The van der Waals surface area contributed by atoms with Gasteiger partial charge < -0.3 is 19.8 Å². The van der Waals surface area contributed by atoms with Crippen molar-refractivity contribution in [2.24, 2.45) is 0 Å². The fraction of sp³-hybridized carbons (Fsp3) is 0.375. The summed E-state index contributed by atoms with van der Waals surface area (Å²) in [6, 6.07) is 2.84. The van der Waals surface area contributed by atoms with E-state index in [-0.39, 0.29) is 5.59 Å². The minimum atomic E-state index is -3.50. The second kappa shape index (κ2) is 4.41. The van der Waals surface area contributed by atoms with Crippen molar-refractivity contribution < 1.29 is 19.8 Å². The van der Waals surface area contributed by atoms with Gasteiger partial charge in [-0.3, -0.25) is 4.98 Å². The predicted molar refractivity (Wildman–Crippen MR) is 52.1 cm³/mol. The summed E-state index contributed by atoms with van der Waals surface area (Å²) in [6.45, 7) is -0.946. The molecule has 0 atom stereocenters. The van der Waals surface area contributed by atoms with Gasteiger partial charge in [0.2, 0.25) is 0 Å². The third kappa shape index (κ3) is 2.99. The Morgan fingerprint density at radius 3 is 2.50 bits per heavy atom. The molecule has 0 amide bonds. The molecule has 0 spiro atoms. The van der Waals surface area contributed by atoms with Gasteiger partial charge in [0.25, 0.3) is 0 Å². The molecule has 0 unspecified atom stereocenters. The molecule has 0 fully saturated rings. The van der Waals surface area contributed by atoms with Crippen LogP contribution in [0.5, 0.6) is 5.75 Å². The van der Waals surface area contributed by atoms with Gasteiger partial charge in [0.15, 0.2) is 0 Å². The molecule has 14 heavy (non-hydrogen) atoms. The van der Waals surface area contributed by atoms with E-state index in [4.69, 9.17) is 19.8 Å². The molecular formula is C8H13BNO4-. The Hall–Kier alpha value is -1.11. The van der Waals surface area contributed by atoms with Crippen LogP contribution >= 0.6 is 0 Å². The van der Waals surface area contributed by atoms with E-state index in [2.05, 4.69) is 4.98 Å². The van der Waals surface area contributed by atoms with Crippen LogP contribution in [-0.2, 0) is 0 Å². The Kier molecular flexibility index (Phi) is 3.46. The average molecular weight is 198 g/mol. The van der Waals surface area contributed by atoms with E-state index >= 15 is 0 Å². The summed E-state index contributed by atoms with van der Waals surface area (Å²) in [5.41, 5.74) is -0.172. The van der Waals surface area contributed by atoms with Crippen molar-refractivity contribution in [2.75, 3.05) is 6.61 Å². The highest BCUT2D eigenvalue weighted by molar-refractivity contribution is 6.70. The number of pyridine rings is 1. The lowest BCUT2D eigenvalue weighted by Gasteiger charge is -2.19. The Bertz CT molecular complexity index is 282. The van der Waals surface area contributed by atoms with Crippen molar-refractivity contribution in [3.63, 3.8) is 0 Å². The standard InChI is InChI=1S/C8H13BNO4/c1-2-5-14-7-3-4-8(10-6-7)9(11,12)13/h3-4,6,11-13H,2,5H2,1H3/q-1. The molecule has 3 N–H and O–H groups in total. The average Bonchev–Trinajstić information content (AvgIpc) is 2.14. The zero-order chi connectivity index (χ0) is 10.6. The zero-order valence-corrected chi connectivity index (χ0v) is 7.92. The third-order valence-electron chi connectivity index (χ3n) is 1.63. The van der Waals surface area contributed by atoms with Crippen LogP contribution in [0.4, 0.5) is 0 Å². The molecule has 0 aliphatic rings. The van der Waals surface area contributed by atoms with Crippen molar-refractivity contribution in [1.29, 1.82) is 0 Å². The van der Waals surface area contributed by atoms with Crippen LogP contribution in [0.25, 0.3) is 0 Å². The lowest BCUT2D eigenvalue weighted by Crippen LogP contribution is -2.50. The molecule has 1 aromatic heterocycles. The number of nitrogens with zero attached hydrogens (tertiary/aromatic N) is 1. The van der Waals surface area contributed by atoms with Gasteiger partial charge in [-0.15, -0.1) is 0 Å². The van der Waals surface area contributed by atoms with Crippen LogP contribution in [-0.4, -0.2) is 33.4 Å². The highest BCUT2D eigenvalue weighted by Crippen LogP contribution is 2.06. The van der Waals surface area contributed by atoms with Crippen molar-refractivity contribution in [3.8, 4) is 5.75 Å². The molecule has 0 saturated carbocycles. The maximum atomic E-state index is 8.83. The fourth-order valence-corrected chi connectivity index (χ4v) is 0.926. The number of aromatic nitrogens is 1. The maximum Gasteiger partial charge on any atom is 0.420 e. The molecule has 78 valence electrons. The smallest absolute Gasteiger partial charge is 0.420 e. The van der Waals surface area contributed by atoms with Crippen LogP contribution in [0.15, 0.2) is 18.3 Å². The van der Waals surface area contributed by atoms with Gasteiger partial charge >= 0.3 is 6.75 Å². The molecule has 6 heteroatoms. The van der Waals surface area contributed by atoms with E-state index in [1.54, 1.807) is 0 Å². The quantitative estimate of drug-likeness (QED) is 0.540. The molecular weight excluding hydrogens is 185 g/mol. The van der Waals surface area contributed by atoms with Crippen molar-refractivity contribution in [2.45, 2.75) is 13.3 Å². The molecule has 1 aromatic rings. The lowest BCUT2D eigenvalue weighted by molar-refractivity contribution is 0.248. The SMILES string of the molecule is CCCOc1ccc([B-](O)(O)O)nc1. The minimum absolute atomic E-state index is 0.172. The van der Waals surface area contributed by atoms with Gasteiger partial charge in [0, 0.05) is 0 Å². The van der Waals surface area contributed by atoms with E-state index in [0.717, 1.165) is 6.42 Å². The maximum absolute atomic E-state index is 8.83. The van der Waals surface area contributed by atoms with Gasteiger partial charge in [0.1, 0.15) is 5.75 Å². The molecule has 0 aliphatic carbocycles. The van der Waals surface area contributed by atoms with E-state index < -0.39 is 6.75 Å². The topological polar surface area (TPSA) is 82.8 Å². The Balaban J connectivity index is 2.69. The van der Waals surface area contributed by atoms with Crippen molar-refractivity contribution in [1.82, 2.24) is 4.98 Å². The van der Waals surface area contributed by atoms with Crippen LogP contribution in [0.2, 0.25) is 0 Å². The minimum Gasteiger partial charge on any atom is -0.555 e. The summed E-state index contributed by atoms with van der Waals surface area (Å²) >= 11 is 0. The van der Waals surface area contributed by atoms with E-state index in [1.807, 2.05) is 6.92 Å². The second-order valence-electron chi connectivity index (χ2n) is 3.00. The summed E-state index contributed by atoms with van der Waals surface area (Å²) in [4.78, 5) is 3.66. The largest absolute Gasteiger partial charge is 0.555 e. The number of ether oxygens (including phenoxy) is 1. The summed E-state index contributed by atoms with van der Waals surface area (Å²) in [7, 11) is 0. The number of rotatable bonds is 4. The molecule has 0 aromatic carbocycles. The first-order valence-corrected chi connectivity index (χ1v) is 4.44. The molecule has 1 rings (SSSR count). The number of hydrogen-bond acceptors (Lipinski definition) is 5. The van der Waals surface area contributed by atoms with E-state index in [0.29, 0.717) is 12.4 Å². The van der Waals surface area contributed by atoms with Gasteiger partial charge in [-0.2, -0.15) is 0 Å². The summed E-state index contributed by atoms with van der Waals surface area (Å²) in [5.74, 6) is 0.538. The van der Waals surface area contributed by atoms with E-state index in [1.165, 1.54) is 18.3 Å². The fourth-order valence-electron chi connectivity index (χ4n) is 0.926. The Morgan fingerprint density at radius 1 is 1.36 bits per heavy atom. The molecule has 0 aliphatic heterocycles. The lowest BCUT2D eigenvalue weighted by atomic mass is 9.75. The molecule has 5 nitrogen and oxygen atoms in total. The molecule has 0 radical (unpaired) electrons. The van der Waals surface area contributed by atoms with Crippen molar-refractivity contribution >= 4 is 12.3 Å². The van der Waals surface area contributed by atoms with Gasteiger partial charge in [-0.05, 0) is 18.1 Å². The summed E-state index contributed by atoms with van der Waals surface area (Å²) in [5, 5.41) is 26.5. The molecule has 0 bridgehead atoms. The number of hydrogen-bond donors (Lipinski definition) is 3. The van der Waals surface area contributed by atoms with E-state index in [9.17, 15) is 0 Å². The normalized spacial score (nSPS) is 11.4. The first-order valence-electron chi connectivity index (χ1n) is 4.44. The summed E-state index contributed by atoms with van der Waals surface area (Å²) in [6.07, 6.45) is 2.22. The Morgan fingerprint density at radius 2 is 2.07 bits per heavy atom. The van der Waals surface area contributed by atoms with Crippen LogP contribution in [0.1, 0.15) is 13.3 Å². The van der Waals surface area contributed by atoms with Gasteiger partial charge in [0.05, 0.1) is 12.8 Å². The van der Waals surface area contributed by atoms with Crippen LogP contribution < -0.4 is 10.3 Å². The second-order valence-corrected chi connectivity index (χ2v) is 3.00. The van der Waals surface area contributed by atoms with Crippen LogP contribution in [0.3, 0.4) is 0 Å². The first-order chi connectivity index (χ1) is 6.54. The highest BCUT2D eigenvalue weighted by Gasteiger charge is 2.19. The highest BCUT2D eigenvalue weighted by atomic mass is 16.5. The Labute approximate surface area is 82.0 Å². The van der Waals surface area contributed by atoms with Crippen molar-refractivity contribution in [3.05, 3.63) is 18.3 Å². The monoisotopic (exact) mass is 198 g/mol.